The molecule has 1 fully saturated rings. The number of hydrogen-bond acceptors (Lipinski definition) is 7. The number of esters is 1. The summed E-state index contributed by atoms with van der Waals surface area (Å²) in [7, 11) is 1.44. The van der Waals surface area contributed by atoms with E-state index in [-0.39, 0.29) is 11.9 Å². The Balaban J connectivity index is 1.81. The van der Waals surface area contributed by atoms with Gasteiger partial charge in [-0.15, -0.1) is 14.8 Å². The number of carbonyl (C=O) groups is 1. The number of rotatable bonds is 3. The van der Waals surface area contributed by atoms with Gasteiger partial charge in [-0.3, -0.25) is 4.79 Å². The average Bonchev–Trinajstić information content (AvgIpc) is 3.01. The molecule has 1 aliphatic rings. The number of ether oxygens (including phenoxy) is 1. The maximum Gasteiger partial charge on any atom is 0.311 e. The molecule has 1 unspecified atom stereocenters. The predicted molar refractivity (Wildman–Crippen MR) is 79.3 cm³/mol. The molecule has 118 valence electrons. The third kappa shape index (κ3) is 2.49. The van der Waals surface area contributed by atoms with Crippen molar-refractivity contribution in [2.45, 2.75) is 26.7 Å². The Morgan fingerprint density at radius 2 is 2.23 bits per heavy atom. The van der Waals surface area contributed by atoms with E-state index in [2.05, 4.69) is 25.5 Å². The molecule has 1 atom stereocenters. The van der Waals surface area contributed by atoms with E-state index in [1.807, 2.05) is 26.0 Å². The van der Waals surface area contributed by atoms with Gasteiger partial charge in [-0.2, -0.15) is 0 Å². The normalized spacial score (nSPS) is 19.4. The van der Waals surface area contributed by atoms with Gasteiger partial charge in [-0.25, -0.2) is 0 Å². The van der Waals surface area contributed by atoms with Gasteiger partial charge in [-0.1, -0.05) is 0 Å². The SMILES string of the molecule is COC(=O)C(C)(C)C1CCCN(c2ccc3nnnn3n2)C1. The Labute approximate surface area is 128 Å². The van der Waals surface area contributed by atoms with E-state index in [9.17, 15) is 4.79 Å². The van der Waals surface area contributed by atoms with E-state index in [4.69, 9.17) is 4.74 Å². The Kier molecular flexibility index (Phi) is 3.67. The smallest absolute Gasteiger partial charge is 0.311 e. The Bertz CT molecular complexity index is 683. The molecule has 0 aromatic carbocycles. The van der Waals surface area contributed by atoms with Crippen molar-refractivity contribution in [3.05, 3.63) is 12.1 Å². The van der Waals surface area contributed by atoms with E-state index in [0.717, 1.165) is 31.7 Å². The molecule has 0 aliphatic carbocycles. The maximum atomic E-state index is 12.0. The number of carbonyl (C=O) groups excluding carboxylic acids is 1. The molecule has 0 bridgehead atoms. The van der Waals surface area contributed by atoms with Crippen molar-refractivity contribution >= 4 is 17.4 Å². The van der Waals surface area contributed by atoms with Crippen molar-refractivity contribution < 1.29 is 9.53 Å². The molecule has 0 saturated carbocycles. The third-order valence-electron chi connectivity index (χ3n) is 4.53. The quantitative estimate of drug-likeness (QED) is 0.780. The van der Waals surface area contributed by atoms with E-state index in [1.54, 1.807) is 0 Å². The fourth-order valence-electron chi connectivity index (χ4n) is 3.01. The van der Waals surface area contributed by atoms with Crippen LogP contribution in [0.25, 0.3) is 5.65 Å². The molecule has 1 aliphatic heterocycles. The lowest BCUT2D eigenvalue weighted by atomic mass is 9.74. The average molecular weight is 304 g/mol. The van der Waals surface area contributed by atoms with Gasteiger partial charge in [0.05, 0.1) is 12.5 Å². The highest BCUT2D eigenvalue weighted by Gasteiger charge is 2.40. The zero-order valence-corrected chi connectivity index (χ0v) is 13.1. The molecule has 0 radical (unpaired) electrons. The summed E-state index contributed by atoms with van der Waals surface area (Å²) >= 11 is 0. The summed E-state index contributed by atoms with van der Waals surface area (Å²) in [5.41, 5.74) is 0.110. The first kappa shape index (κ1) is 14.7. The molecule has 22 heavy (non-hydrogen) atoms. The summed E-state index contributed by atoms with van der Waals surface area (Å²) in [4.78, 5) is 14.2. The first-order chi connectivity index (χ1) is 10.5. The zero-order chi connectivity index (χ0) is 15.7. The van der Waals surface area contributed by atoms with Gasteiger partial charge >= 0.3 is 5.97 Å². The maximum absolute atomic E-state index is 12.0. The molecule has 1 saturated heterocycles. The monoisotopic (exact) mass is 304 g/mol. The molecule has 3 heterocycles. The van der Waals surface area contributed by atoms with E-state index in [0.29, 0.717) is 5.65 Å². The first-order valence-electron chi connectivity index (χ1n) is 7.41. The predicted octanol–water partition coefficient (Wildman–Crippen LogP) is 0.935. The third-order valence-corrected chi connectivity index (χ3v) is 4.53. The Morgan fingerprint density at radius 1 is 1.41 bits per heavy atom. The van der Waals surface area contributed by atoms with Crippen LogP contribution >= 0.6 is 0 Å². The molecule has 0 N–H and O–H groups in total. The number of nitrogens with zero attached hydrogens (tertiary/aromatic N) is 6. The fraction of sp³-hybridized carbons (Fsp3) is 0.643. The van der Waals surface area contributed by atoms with Crippen LogP contribution < -0.4 is 4.90 Å². The summed E-state index contributed by atoms with van der Waals surface area (Å²) in [5.74, 6) is 0.883. The number of aromatic nitrogens is 5. The van der Waals surface area contributed by atoms with Crippen molar-refractivity contribution in [2.75, 3.05) is 25.1 Å². The molecular weight excluding hydrogens is 284 g/mol. The number of piperidine rings is 1. The van der Waals surface area contributed by atoms with Crippen molar-refractivity contribution in [3.63, 3.8) is 0 Å². The molecule has 3 rings (SSSR count). The van der Waals surface area contributed by atoms with Crippen LogP contribution in [0.15, 0.2) is 12.1 Å². The van der Waals surface area contributed by atoms with Crippen LogP contribution in [0.5, 0.6) is 0 Å². The van der Waals surface area contributed by atoms with Crippen molar-refractivity contribution in [2.24, 2.45) is 11.3 Å². The van der Waals surface area contributed by atoms with Crippen LogP contribution in [-0.4, -0.2) is 51.4 Å². The van der Waals surface area contributed by atoms with Crippen LogP contribution in [0.2, 0.25) is 0 Å². The standard InChI is InChI=1S/C14H20N6O2/c1-14(2,13(21)22-3)10-5-4-8-19(9-10)12-7-6-11-15-17-18-20(11)16-12/h6-7,10H,4-5,8-9H2,1-3H3. The van der Waals surface area contributed by atoms with Gasteiger partial charge in [0, 0.05) is 13.1 Å². The number of methoxy groups -OCH3 is 1. The number of hydrogen-bond donors (Lipinski definition) is 0. The van der Waals surface area contributed by atoms with Gasteiger partial charge in [0.1, 0.15) is 0 Å². The van der Waals surface area contributed by atoms with Crippen LogP contribution in [0.1, 0.15) is 26.7 Å². The van der Waals surface area contributed by atoms with Gasteiger partial charge in [0.2, 0.25) is 0 Å². The van der Waals surface area contributed by atoms with Crippen molar-refractivity contribution in [1.82, 2.24) is 25.3 Å². The number of fused-ring (bicyclic) bond motifs is 1. The van der Waals surface area contributed by atoms with Gasteiger partial charge in [0.15, 0.2) is 11.5 Å². The Morgan fingerprint density at radius 3 is 3.00 bits per heavy atom. The molecular formula is C14H20N6O2. The molecule has 2 aromatic heterocycles. The molecule has 8 heteroatoms. The van der Waals surface area contributed by atoms with Crippen LogP contribution in [0.4, 0.5) is 5.82 Å². The summed E-state index contributed by atoms with van der Waals surface area (Å²) in [6.07, 6.45) is 2.02. The number of anilines is 1. The van der Waals surface area contributed by atoms with Crippen molar-refractivity contribution in [1.29, 1.82) is 0 Å². The highest BCUT2D eigenvalue weighted by molar-refractivity contribution is 5.76. The van der Waals surface area contributed by atoms with E-state index >= 15 is 0 Å². The highest BCUT2D eigenvalue weighted by atomic mass is 16.5. The zero-order valence-electron chi connectivity index (χ0n) is 13.1. The van der Waals surface area contributed by atoms with Gasteiger partial charge in [-0.05, 0) is 55.2 Å². The topological polar surface area (TPSA) is 85.5 Å². The van der Waals surface area contributed by atoms with Gasteiger partial charge < -0.3 is 9.64 Å². The minimum Gasteiger partial charge on any atom is -0.469 e. The Hall–Kier alpha value is -2.25. The second kappa shape index (κ2) is 5.51. The molecule has 2 aromatic rings. The van der Waals surface area contributed by atoms with Gasteiger partial charge in [0.25, 0.3) is 0 Å². The molecule has 0 spiro atoms. The molecule has 0 amide bonds. The molecule has 8 nitrogen and oxygen atoms in total. The minimum absolute atomic E-state index is 0.164. The summed E-state index contributed by atoms with van der Waals surface area (Å²) in [5, 5.41) is 15.7. The summed E-state index contributed by atoms with van der Waals surface area (Å²) in [6.45, 7) is 5.58. The number of tetrazole rings is 1. The summed E-state index contributed by atoms with van der Waals surface area (Å²) < 4.78 is 6.37. The van der Waals surface area contributed by atoms with E-state index < -0.39 is 5.41 Å². The van der Waals surface area contributed by atoms with Crippen LogP contribution in [0, 0.1) is 11.3 Å². The highest BCUT2D eigenvalue weighted by Crippen LogP contribution is 2.36. The minimum atomic E-state index is -0.508. The second-order valence-electron chi connectivity index (χ2n) is 6.22. The second-order valence-corrected chi connectivity index (χ2v) is 6.22. The first-order valence-corrected chi connectivity index (χ1v) is 7.41. The lowest BCUT2D eigenvalue weighted by Gasteiger charge is -2.40. The van der Waals surface area contributed by atoms with E-state index in [1.165, 1.54) is 11.7 Å². The largest absolute Gasteiger partial charge is 0.469 e. The summed E-state index contributed by atoms with van der Waals surface area (Å²) in [6, 6.07) is 3.76. The fourth-order valence-corrected chi connectivity index (χ4v) is 3.01. The van der Waals surface area contributed by atoms with Crippen molar-refractivity contribution in [3.8, 4) is 0 Å². The van der Waals surface area contributed by atoms with Crippen LogP contribution in [-0.2, 0) is 9.53 Å². The lowest BCUT2D eigenvalue weighted by Crippen LogP contribution is -2.45. The van der Waals surface area contributed by atoms with Crippen LogP contribution in [0.3, 0.4) is 0 Å². The lowest BCUT2D eigenvalue weighted by molar-refractivity contribution is -0.154.